The van der Waals surface area contributed by atoms with Crippen LogP contribution < -0.4 is 19.7 Å². The van der Waals surface area contributed by atoms with Crippen molar-refractivity contribution in [1.82, 2.24) is 14.5 Å². The Bertz CT molecular complexity index is 1760. The van der Waals surface area contributed by atoms with Crippen LogP contribution in [0.4, 0.5) is 15.8 Å². The van der Waals surface area contributed by atoms with Crippen LogP contribution in [0.15, 0.2) is 48.8 Å². The van der Waals surface area contributed by atoms with Gasteiger partial charge in [-0.2, -0.15) is 4.98 Å². The lowest BCUT2D eigenvalue weighted by atomic mass is 9.81. The van der Waals surface area contributed by atoms with Crippen molar-refractivity contribution in [3.05, 3.63) is 87.0 Å². The van der Waals surface area contributed by atoms with Crippen LogP contribution in [-0.2, 0) is 10.3 Å². The summed E-state index contributed by atoms with van der Waals surface area (Å²) in [6, 6.07) is 8.94. The maximum absolute atomic E-state index is 15.5. The van der Waals surface area contributed by atoms with Crippen LogP contribution in [0.5, 0.6) is 11.9 Å². The molecule has 9 nitrogen and oxygen atoms in total. The minimum atomic E-state index is -1.76. The lowest BCUT2D eigenvalue weighted by molar-refractivity contribution is -0.119. The lowest BCUT2D eigenvalue weighted by Crippen LogP contribution is -2.51. The van der Waals surface area contributed by atoms with E-state index in [0.29, 0.717) is 39.6 Å². The Kier molecular flexibility index (Phi) is 6.43. The number of hydrogen-bond donors (Lipinski definition) is 1. The number of nitrogens with zero attached hydrogens (tertiary/aromatic N) is 4. The van der Waals surface area contributed by atoms with E-state index in [1.165, 1.54) is 43.5 Å². The zero-order valence-corrected chi connectivity index (χ0v) is 24.0. The van der Waals surface area contributed by atoms with Crippen LogP contribution in [0.25, 0.3) is 5.69 Å². The molecule has 210 valence electrons. The first kappa shape index (κ1) is 27.0. The first-order chi connectivity index (χ1) is 19.7. The summed E-state index contributed by atoms with van der Waals surface area (Å²) in [7, 11) is 2.91. The van der Waals surface area contributed by atoms with Crippen LogP contribution in [0.2, 0.25) is 10.0 Å². The fourth-order valence-electron chi connectivity index (χ4n) is 5.77. The molecule has 2 unspecified atom stereocenters. The second-order valence-electron chi connectivity index (χ2n) is 9.82. The van der Waals surface area contributed by atoms with Gasteiger partial charge in [0.1, 0.15) is 11.5 Å². The van der Waals surface area contributed by atoms with Gasteiger partial charge in [-0.25, -0.2) is 9.37 Å². The van der Waals surface area contributed by atoms with Gasteiger partial charge in [-0.1, -0.05) is 43.1 Å². The van der Waals surface area contributed by atoms with Crippen molar-refractivity contribution in [1.29, 1.82) is 0 Å². The van der Waals surface area contributed by atoms with Gasteiger partial charge in [-0.3, -0.25) is 14.5 Å². The summed E-state index contributed by atoms with van der Waals surface area (Å²) in [5.74, 6) is -1.77. The average Bonchev–Trinajstić information content (AvgIpc) is 3.57. The fourth-order valence-corrected chi connectivity index (χ4v) is 6.11. The van der Waals surface area contributed by atoms with E-state index >= 15 is 4.39 Å². The third-order valence-electron chi connectivity index (χ3n) is 7.70. The van der Waals surface area contributed by atoms with E-state index in [1.807, 2.05) is 13.8 Å². The highest BCUT2D eigenvalue weighted by Crippen LogP contribution is 2.56. The van der Waals surface area contributed by atoms with Crippen LogP contribution in [0, 0.1) is 5.82 Å². The molecule has 0 saturated carbocycles. The molecule has 0 aliphatic carbocycles. The van der Waals surface area contributed by atoms with Crippen molar-refractivity contribution in [2.75, 3.05) is 24.4 Å². The molecule has 0 bridgehead atoms. The number of hydrogen-bond acceptors (Lipinski definition) is 6. The topological polar surface area (TPSA) is 98.6 Å². The van der Waals surface area contributed by atoms with E-state index in [4.69, 9.17) is 32.7 Å². The number of carbonyl (C=O) groups is 2. The van der Waals surface area contributed by atoms with Gasteiger partial charge in [0.15, 0.2) is 5.54 Å². The molecule has 41 heavy (non-hydrogen) atoms. The van der Waals surface area contributed by atoms with Crippen LogP contribution >= 0.6 is 23.2 Å². The van der Waals surface area contributed by atoms with E-state index in [-0.39, 0.29) is 34.1 Å². The number of rotatable bonds is 6. The second-order valence-corrected chi connectivity index (χ2v) is 10.7. The third kappa shape index (κ3) is 3.74. The Balaban J connectivity index is 1.74. The highest BCUT2D eigenvalue weighted by molar-refractivity contribution is 6.32. The van der Waals surface area contributed by atoms with Crippen molar-refractivity contribution < 1.29 is 23.5 Å². The highest BCUT2D eigenvalue weighted by atomic mass is 35.5. The summed E-state index contributed by atoms with van der Waals surface area (Å²) in [5, 5.41) is 3.49. The molecule has 6 rings (SSSR count). The Morgan fingerprint density at radius 3 is 2.51 bits per heavy atom. The lowest BCUT2D eigenvalue weighted by Gasteiger charge is -2.36. The summed E-state index contributed by atoms with van der Waals surface area (Å²) in [6.45, 7) is 3.98. The number of nitrogens with one attached hydrogen (secondary N) is 1. The Hall–Kier alpha value is -4.15. The molecule has 1 N–H and O–H groups in total. The fraction of sp³-hybridized carbons (Fsp3) is 0.241. The standard InChI is InChI=1S/C29H24Cl2FN5O4/c1-5-14(2)24-23-17(13-36(24)22-12-33-28(41-4)35-25(22)40-3)26(38)37(21-11-16(31)7-9-19(21)32)29(23)18-8-6-15(30)10-20(18)34-27(29)39/h6-14H,5H2,1-4H3,(H,34,39). The molecule has 0 fully saturated rings. The quantitative estimate of drug-likeness (QED) is 0.289. The van der Waals surface area contributed by atoms with Gasteiger partial charge in [-0.05, 0) is 42.7 Å². The number of benzene rings is 2. The minimum absolute atomic E-state index is 0.103. The number of fused-ring (bicyclic) bond motifs is 4. The maximum atomic E-state index is 15.5. The number of aromatic nitrogens is 3. The normalized spacial score (nSPS) is 18.0. The van der Waals surface area contributed by atoms with E-state index < -0.39 is 23.2 Å². The first-order valence-corrected chi connectivity index (χ1v) is 13.5. The number of anilines is 2. The molecule has 2 aliphatic heterocycles. The molecule has 2 aliphatic rings. The van der Waals surface area contributed by atoms with Crippen molar-refractivity contribution in [2.24, 2.45) is 0 Å². The summed E-state index contributed by atoms with van der Waals surface area (Å²) in [4.78, 5) is 38.5. The predicted molar refractivity (Wildman–Crippen MR) is 152 cm³/mol. The minimum Gasteiger partial charge on any atom is -0.479 e. The van der Waals surface area contributed by atoms with Gasteiger partial charge >= 0.3 is 6.01 Å². The zero-order chi connectivity index (χ0) is 29.2. The number of methoxy groups -OCH3 is 2. The number of halogens is 3. The van der Waals surface area contributed by atoms with Crippen LogP contribution in [0.1, 0.15) is 53.4 Å². The van der Waals surface area contributed by atoms with Crippen LogP contribution in [-0.4, -0.2) is 40.6 Å². The SMILES string of the molecule is CCC(C)c1c2c(cn1-c1cnc(OC)nc1OC)C(=O)N(c1cc(Cl)ccc1F)C21C(=O)Nc2cc(Cl)ccc21. The Labute approximate surface area is 244 Å². The van der Waals surface area contributed by atoms with Gasteiger partial charge < -0.3 is 19.4 Å². The van der Waals surface area contributed by atoms with E-state index in [9.17, 15) is 9.59 Å². The molecular formula is C29H24Cl2FN5O4. The molecule has 2 aromatic carbocycles. The van der Waals surface area contributed by atoms with Gasteiger partial charge in [0.25, 0.3) is 11.8 Å². The van der Waals surface area contributed by atoms with Gasteiger partial charge in [0.05, 0.1) is 31.7 Å². The molecule has 4 aromatic rings. The average molecular weight is 596 g/mol. The summed E-state index contributed by atoms with van der Waals surface area (Å²) in [5.41, 5.74) is 0.721. The van der Waals surface area contributed by atoms with Gasteiger partial charge in [0, 0.05) is 38.8 Å². The highest BCUT2D eigenvalue weighted by Gasteiger charge is 2.63. The van der Waals surface area contributed by atoms with Crippen molar-refractivity contribution in [2.45, 2.75) is 31.7 Å². The molecule has 12 heteroatoms. The molecule has 4 heterocycles. The van der Waals surface area contributed by atoms with Crippen molar-refractivity contribution >= 4 is 46.4 Å². The molecular weight excluding hydrogens is 572 g/mol. The number of ether oxygens (including phenoxy) is 2. The number of amides is 2. The Morgan fingerprint density at radius 2 is 1.80 bits per heavy atom. The number of carbonyl (C=O) groups excluding carboxylic acids is 2. The summed E-state index contributed by atoms with van der Waals surface area (Å²) >= 11 is 12.6. The summed E-state index contributed by atoms with van der Waals surface area (Å²) in [6.07, 6.45) is 3.80. The zero-order valence-electron chi connectivity index (χ0n) is 22.5. The van der Waals surface area contributed by atoms with Gasteiger partial charge in [0.2, 0.25) is 5.88 Å². The van der Waals surface area contributed by atoms with Crippen molar-refractivity contribution in [3.8, 4) is 17.6 Å². The largest absolute Gasteiger partial charge is 0.479 e. The third-order valence-corrected chi connectivity index (χ3v) is 8.17. The maximum Gasteiger partial charge on any atom is 0.319 e. The van der Waals surface area contributed by atoms with E-state index in [1.54, 1.807) is 29.0 Å². The molecule has 1 spiro atoms. The van der Waals surface area contributed by atoms with Gasteiger partial charge in [-0.15, -0.1) is 0 Å². The van der Waals surface area contributed by atoms with Crippen molar-refractivity contribution in [3.63, 3.8) is 0 Å². The van der Waals surface area contributed by atoms with Crippen LogP contribution in [0.3, 0.4) is 0 Å². The Morgan fingerprint density at radius 1 is 1.07 bits per heavy atom. The molecule has 0 radical (unpaired) electrons. The molecule has 0 saturated heterocycles. The molecule has 2 amide bonds. The second kappa shape index (κ2) is 9.74. The predicted octanol–water partition coefficient (Wildman–Crippen LogP) is 6.10. The smallest absolute Gasteiger partial charge is 0.319 e. The van der Waals surface area contributed by atoms with E-state index in [0.717, 1.165) is 0 Å². The summed E-state index contributed by atoms with van der Waals surface area (Å²) < 4.78 is 28.0. The monoisotopic (exact) mass is 595 g/mol. The molecule has 2 aromatic heterocycles. The first-order valence-electron chi connectivity index (χ1n) is 12.8. The van der Waals surface area contributed by atoms with E-state index in [2.05, 4.69) is 15.3 Å². The molecule has 2 atom stereocenters.